The van der Waals surface area contributed by atoms with Gasteiger partial charge in [0.25, 0.3) is 0 Å². The van der Waals surface area contributed by atoms with Gasteiger partial charge in [-0.3, -0.25) is 4.79 Å². The van der Waals surface area contributed by atoms with Crippen LogP contribution in [0.5, 0.6) is 0 Å². The van der Waals surface area contributed by atoms with Crippen molar-refractivity contribution in [2.24, 2.45) is 5.92 Å². The number of carbonyl (C=O) groups excluding carboxylic acids is 1. The Morgan fingerprint density at radius 2 is 1.85 bits per heavy atom. The van der Waals surface area contributed by atoms with Crippen molar-refractivity contribution >= 4 is 5.78 Å². The molecule has 1 aliphatic rings. The first kappa shape index (κ1) is 9.97. The summed E-state index contributed by atoms with van der Waals surface area (Å²) in [5.74, 6) is 0.448. The molecule has 0 saturated heterocycles. The number of Topliss-reactive ketones (excluding diaryl/α,β-unsaturated/α-hetero) is 1. The summed E-state index contributed by atoms with van der Waals surface area (Å²) in [7, 11) is 0. The summed E-state index contributed by atoms with van der Waals surface area (Å²) in [6.07, 6.45) is 8.76. The summed E-state index contributed by atoms with van der Waals surface area (Å²) >= 11 is 0. The average Bonchev–Trinajstić information content (AvgIpc) is 2.34. The molecule has 13 heavy (non-hydrogen) atoms. The molecule has 1 heteroatoms. The van der Waals surface area contributed by atoms with Crippen LogP contribution in [0.2, 0.25) is 0 Å². The Hall–Kier alpha value is -1.11. The molecule has 0 aromatic heterocycles. The summed E-state index contributed by atoms with van der Waals surface area (Å²) in [6.45, 7) is 5.91. The van der Waals surface area contributed by atoms with Crippen LogP contribution in [0.3, 0.4) is 0 Å². The lowest BCUT2D eigenvalue weighted by Gasteiger charge is -1.96. The molecule has 0 fully saturated rings. The highest BCUT2D eigenvalue weighted by Gasteiger charge is 2.26. The minimum atomic E-state index is 0.164. The van der Waals surface area contributed by atoms with Gasteiger partial charge in [0.15, 0.2) is 5.78 Å². The molecular weight excluding hydrogens is 160 g/mol. The van der Waals surface area contributed by atoms with Gasteiger partial charge in [-0.05, 0) is 25.8 Å². The van der Waals surface area contributed by atoms with E-state index in [1.807, 2.05) is 45.1 Å². The second-order valence-corrected chi connectivity index (χ2v) is 3.41. The largest absolute Gasteiger partial charge is 0.294 e. The van der Waals surface area contributed by atoms with Gasteiger partial charge in [-0.2, -0.15) is 0 Å². The van der Waals surface area contributed by atoms with E-state index in [1.165, 1.54) is 5.57 Å². The lowest BCUT2D eigenvalue weighted by atomic mass is 10.1. The Labute approximate surface area is 79.8 Å². The number of hydrogen-bond acceptors (Lipinski definition) is 1. The van der Waals surface area contributed by atoms with E-state index in [0.717, 1.165) is 12.0 Å². The fraction of sp³-hybridized carbons (Fsp3) is 0.417. The molecule has 70 valence electrons. The molecule has 1 atom stereocenters. The number of ketones is 1. The molecule has 0 bridgehead atoms. The fourth-order valence-electron chi connectivity index (χ4n) is 1.67. The van der Waals surface area contributed by atoms with E-state index in [1.54, 1.807) is 0 Å². The Balaban J connectivity index is 3.03. The monoisotopic (exact) mass is 176 g/mol. The van der Waals surface area contributed by atoms with E-state index in [-0.39, 0.29) is 11.7 Å². The van der Waals surface area contributed by atoms with Crippen molar-refractivity contribution in [3.05, 3.63) is 35.5 Å². The van der Waals surface area contributed by atoms with Gasteiger partial charge >= 0.3 is 0 Å². The van der Waals surface area contributed by atoms with Gasteiger partial charge in [-0.1, -0.05) is 31.2 Å². The SMILES string of the molecule is C/C=C\C1=C(/C=C\C)C(=O)C(C)C1. The normalized spacial score (nSPS) is 24.2. The topological polar surface area (TPSA) is 17.1 Å². The van der Waals surface area contributed by atoms with Crippen LogP contribution in [0, 0.1) is 5.92 Å². The third-order valence-electron chi connectivity index (χ3n) is 2.29. The fourth-order valence-corrected chi connectivity index (χ4v) is 1.67. The van der Waals surface area contributed by atoms with E-state index in [9.17, 15) is 4.79 Å². The molecule has 1 rings (SSSR count). The zero-order valence-corrected chi connectivity index (χ0v) is 8.50. The zero-order chi connectivity index (χ0) is 9.84. The van der Waals surface area contributed by atoms with Crippen LogP contribution in [0.25, 0.3) is 0 Å². The van der Waals surface area contributed by atoms with E-state index < -0.39 is 0 Å². The van der Waals surface area contributed by atoms with Crippen LogP contribution in [-0.2, 0) is 4.79 Å². The maximum absolute atomic E-state index is 11.6. The first-order valence-corrected chi connectivity index (χ1v) is 4.73. The molecule has 0 radical (unpaired) electrons. The molecule has 0 aliphatic heterocycles. The molecule has 0 heterocycles. The molecular formula is C12H16O. The number of rotatable bonds is 2. The Bertz CT molecular complexity index is 292. The molecule has 0 saturated carbocycles. The lowest BCUT2D eigenvalue weighted by molar-refractivity contribution is -0.117. The number of carbonyl (C=O) groups is 1. The molecule has 0 aromatic rings. The minimum Gasteiger partial charge on any atom is -0.294 e. The molecule has 0 aromatic carbocycles. The van der Waals surface area contributed by atoms with Crippen molar-refractivity contribution in [3.8, 4) is 0 Å². The first-order valence-electron chi connectivity index (χ1n) is 4.73. The summed E-state index contributed by atoms with van der Waals surface area (Å²) in [5, 5.41) is 0. The van der Waals surface area contributed by atoms with E-state index >= 15 is 0 Å². The quantitative estimate of drug-likeness (QED) is 0.632. The van der Waals surface area contributed by atoms with Gasteiger partial charge in [-0.15, -0.1) is 0 Å². The van der Waals surface area contributed by atoms with Crippen molar-refractivity contribution in [1.82, 2.24) is 0 Å². The van der Waals surface area contributed by atoms with Crippen LogP contribution < -0.4 is 0 Å². The third kappa shape index (κ3) is 1.97. The summed E-state index contributed by atoms with van der Waals surface area (Å²) in [5.41, 5.74) is 2.08. The summed E-state index contributed by atoms with van der Waals surface area (Å²) in [6, 6.07) is 0. The van der Waals surface area contributed by atoms with Gasteiger partial charge in [0.2, 0.25) is 0 Å². The Morgan fingerprint density at radius 3 is 2.38 bits per heavy atom. The Morgan fingerprint density at radius 1 is 1.23 bits per heavy atom. The molecule has 0 spiro atoms. The second-order valence-electron chi connectivity index (χ2n) is 3.41. The molecule has 1 aliphatic carbocycles. The van der Waals surface area contributed by atoms with Gasteiger partial charge in [-0.25, -0.2) is 0 Å². The highest BCUT2D eigenvalue weighted by molar-refractivity contribution is 6.03. The van der Waals surface area contributed by atoms with Crippen LogP contribution >= 0.6 is 0 Å². The molecule has 1 nitrogen and oxygen atoms in total. The van der Waals surface area contributed by atoms with Crippen LogP contribution in [-0.4, -0.2) is 5.78 Å². The minimum absolute atomic E-state index is 0.164. The second kappa shape index (κ2) is 4.22. The number of hydrogen-bond donors (Lipinski definition) is 0. The Kier molecular flexibility index (Phi) is 3.24. The van der Waals surface area contributed by atoms with Crippen LogP contribution in [0.4, 0.5) is 0 Å². The average molecular weight is 176 g/mol. The maximum Gasteiger partial charge on any atom is 0.166 e. The van der Waals surface area contributed by atoms with Crippen molar-refractivity contribution < 1.29 is 4.79 Å². The van der Waals surface area contributed by atoms with Crippen molar-refractivity contribution in [2.45, 2.75) is 27.2 Å². The highest BCUT2D eigenvalue weighted by Crippen LogP contribution is 2.29. The third-order valence-corrected chi connectivity index (χ3v) is 2.29. The standard InChI is InChI=1S/C12H16O/c1-4-6-10-8-9(3)12(13)11(10)7-5-2/h4-7,9H,8H2,1-3H3/b6-4-,7-5-. The zero-order valence-electron chi connectivity index (χ0n) is 8.50. The maximum atomic E-state index is 11.6. The van der Waals surface area contributed by atoms with Gasteiger partial charge in [0.05, 0.1) is 0 Å². The van der Waals surface area contributed by atoms with Crippen molar-refractivity contribution in [3.63, 3.8) is 0 Å². The van der Waals surface area contributed by atoms with Crippen LogP contribution in [0.15, 0.2) is 35.5 Å². The smallest absolute Gasteiger partial charge is 0.166 e. The predicted molar refractivity (Wildman–Crippen MR) is 55.4 cm³/mol. The first-order chi connectivity index (χ1) is 6.20. The van der Waals surface area contributed by atoms with Crippen molar-refractivity contribution in [1.29, 1.82) is 0 Å². The van der Waals surface area contributed by atoms with Gasteiger partial charge < -0.3 is 0 Å². The number of allylic oxidation sites excluding steroid dienone is 6. The van der Waals surface area contributed by atoms with Gasteiger partial charge in [0, 0.05) is 11.5 Å². The van der Waals surface area contributed by atoms with Crippen molar-refractivity contribution in [2.75, 3.05) is 0 Å². The summed E-state index contributed by atoms with van der Waals surface area (Å²) in [4.78, 5) is 11.6. The van der Waals surface area contributed by atoms with Crippen LogP contribution in [0.1, 0.15) is 27.2 Å². The molecule has 0 amide bonds. The highest BCUT2D eigenvalue weighted by atomic mass is 16.1. The predicted octanol–water partition coefficient (Wildman–Crippen LogP) is 3.04. The lowest BCUT2D eigenvalue weighted by Crippen LogP contribution is -2.04. The van der Waals surface area contributed by atoms with E-state index in [2.05, 4.69) is 0 Å². The summed E-state index contributed by atoms with van der Waals surface area (Å²) < 4.78 is 0. The molecule has 1 unspecified atom stereocenters. The van der Waals surface area contributed by atoms with Gasteiger partial charge in [0.1, 0.15) is 0 Å². The van der Waals surface area contributed by atoms with E-state index in [4.69, 9.17) is 0 Å². The molecule has 0 N–H and O–H groups in total. The van der Waals surface area contributed by atoms with E-state index in [0.29, 0.717) is 0 Å².